The van der Waals surface area contributed by atoms with Crippen LogP contribution in [-0.2, 0) is 11.2 Å². The highest BCUT2D eigenvalue weighted by molar-refractivity contribution is 6.29. The summed E-state index contributed by atoms with van der Waals surface area (Å²) in [6, 6.07) is 3.29. The lowest BCUT2D eigenvalue weighted by Crippen LogP contribution is -1.99. The van der Waals surface area contributed by atoms with Gasteiger partial charge >= 0.3 is 5.97 Å². The van der Waals surface area contributed by atoms with Crippen LogP contribution in [0.5, 0.6) is 0 Å². The number of carboxylic acids is 1. The smallest absolute Gasteiger partial charge is 0.309 e. The number of nitrogens with zero attached hydrogens (tertiary/aromatic N) is 3. The molecule has 14 heavy (non-hydrogen) atoms. The van der Waals surface area contributed by atoms with Crippen LogP contribution in [0, 0.1) is 0 Å². The minimum atomic E-state index is -0.917. The Kier molecular flexibility index (Phi) is 2.09. The van der Waals surface area contributed by atoms with E-state index in [2.05, 4.69) is 10.1 Å². The van der Waals surface area contributed by atoms with Crippen LogP contribution in [0.2, 0.25) is 5.15 Å². The SMILES string of the molecule is O=C(O)Cc1cn2nc(Cl)ccc2n1. The molecular formula is C8H6ClN3O2. The molecule has 0 aliphatic carbocycles. The van der Waals surface area contributed by atoms with Crippen LogP contribution in [0.4, 0.5) is 0 Å². The lowest BCUT2D eigenvalue weighted by Gasteiger charge is -1.90. The van der Waals surface area contributed by atoms with Crippen molar-refractivity contribution in [2.45, 2.75) is 6.42 Å². The Labute approximate surface area is 83.9 Å². The van der Waals surface area contributed by atoms with E-state index in [4.69, 9.17) is 16.7 Å². The minimum absolute atomic E-state index is 0.110. The van der Waals surface area contributed by atoms with Crippen molar-refractivity contribution in [2.24, 2.45) is 0 Å². The van der Waals surface area contributed by atoms with E-state index in [1.807, 2.05) is 0 Å². The van der Waals surface area contributed by atoms with Gasteiger partial charge in [-0.25, -0.2) is 9.50 Å². The van der Waals surface area contributed by atoms with Gasteiger partial charge in [0, 0.05) is 0 Å². The van der Waals surface area contributed by atoms with Crippen LogP contribution in [0.25, 0.3) is 5.65 Å². The van der Waals surface area contributed by atoms with E-state index in [1.54, 1.807) is 18.3 Å². The quantitative estimate of drug-likeness (QED) is 0.805. The second-order valence-electron chi connectivity index (χ2n) is 2.76. The van der Waals surface area contributed by atoms with Gasteiger partial charge in [-0.2, -0.15) is 5.10 Å². The van der Waals surface area contributed by atoms with Gasteiger partial charge in [0.05, 0.1) is 18.3 Å². The number of halogens is 1. The molecule has 2 aromatic heterocycles. The Bertz CT molecular complexity index is 494. The predicted octanol–water partition coefficient (Wildman–Crippen LogP) is 1.01. The summed E-state index contributed by atoms with van der Waals surface area (Å²) in [5, 5.41) is 12.8. The third-order valence-corrected chi connectivity index (χ3v) is 1.87. The maximum absolute atomic E-state index is 10.4. The highest BCUT2D eigenvalue weighted by Crippen LogP contribution is 2.08. The van der Waals surface area contributed by atoms with Crippen LogP contribution in [-0.4, -0.2) is 25.7 Å². The third kappa shape index (κ3) is 1.67. The van der Waals surface area contributed by atoms with Gasteiger partial charge in [0.2, 0.25) is 0 Å². The number of fused-ring (bicyclic) bond motifs is 1. The van der Waals surface area contributed by atoms with Gasteiger partial charge < -0.3 is 5.11 Å². The Hall–Kier alpha value is -1.62. The monoisotopic (exact) mass is 211 g/mol. The molecule has 72 valence electrons. The molecule has 6 heteroatoms. The van der Waals surface area contributed by atoms with Crippen molar-refractivity contribution in [1.82, 2.24) is 14.6 Å². The summed E-state index contributed by atoms with van der Waals surface area (Å²) in [5.41, 5.74) is 1.05. The van der Waals surface area contributed by atoms with Gasteiger partial charge in [-0.3, -0.25) is 4.79 Å². The van der Waals surface area contributed by atoms with Gasteiger partial charge in [-0.15, -0.1) is 0 Å². The Morgan fingerprint density at radius 3 is 3.07 bits per heavy atom. The van der Waals surface area contributed by atoms with Gasteiger partial charge in [0.25, 0.3) is 0 Å². The first-order valence-electron chi connectivity index (χ1n) is 3.88. The predicted molar refractivity (Wildman–Crippen MR) is 49.3 cm³/mol. The molecule has 1 N–H and O–H groups in total. The number of carboxylic acid groups (broad SMARTS) is 1. The molecule has 0 aromatic carbocycles. The second-order valence-corrected chi connectivity index (χ2v) is 3.15. The number of hydrogen-bond acceptors (Lipinski definition) is 3. The van der Waals surface area contributed by atoms with E-state index in [1.165, 1.54) is 4.52 Å². The number of hydrogen-bond donors (Lipinski definition) is 1. The molecule has 0 bridgehead atoms. The number of aliphatic carboxylic acids is 1. The fourth-order valence-electron chi connectivity index (χ4n) is 1.15. The molecule has 2 rings (SSSR count). The first kappa shape index (κ1) is 8.96. The molecule has 0 atom stereocenters. The molecule has 0 aliphatic heterocycles. The summed E-state index contributed by atoms with van der Waals surface area (Å²) >= 11 is 5.66. The Morgan fingerprint density at radius 2 is 2.36 bits per heavy atom. The molecule has 0 radical (unpaired) electrons. The first-order valence-corrected chi connectivity index (χ1v) is 4.25. The van der Waals surface area contributed by atoms with Gasteiger partial charge in [-0.1, -0.05) is 11.6 Å². The topological polar surface area (TPSA) is 67.5 Å². The van der Waals surface area contributed by atoms with Crippen LogP contribution in [0.3, 0.4) is 0 Å². The lowest BCUT2D eigenvalue weighted by atomic mass is 10.3. The highest BCUT2D eigenvalue weighted by Gasteiger charge is 2.06. The summed E-state index contributed by atoms with van der Waals surface area (Å²) in [7, 11) is 0. The number of carbonyl (C=O) groups is 1. The Balaban J connectivity index is 2.46. The van der Waals surface area contributed by atoms with E-state index in [9.17, 15) is 4.79 Å². The zero-order chi connectivity index (χ0) is 10.1. The average molecular weight is 212 g/mol. The van der Waals surface area contributed by atoms with Crippen molar-refractivity contribution < 1.29 is 9.90 Å². The zero-order valence-electron chi connectivity index (χ0n) is 7.01. The van der Waals surface area contributed by atoms with Crippen molar-refractivity contribution in [3.63, 3.8) is 0 Å². The van der Waals surface area contributed by atoms with Crippen LogP contribution in [0.1, 0.15) is 5.69 Å². The molecule has 0 fully saturated rings. The Morgan fingerprint density at radius 1 is 1.57 bits per heavy atom. The number of aromatic nitrogens is 3. The fraction of sp³-hybridized carbons (Fsp3) is 0.125. The van der Waals surface area contributed by atoms with E-state index in [-0.39, 0.29) is 6.42 Å². The van der Waals surface area contributed by atoms with E-state index in [0.717, 1.165) is 0 Å². The van der Waals surface area contributed by atoms with Gasteiger partial charge in [0.15, 0.2) is 5.65 Å². The average Bonchev–Trinajstić information content (AvgIpc) is 2.44. The summed E-state index contributed by atoms with van der Waals surface area (Å²) in [4.78, 5) is 14.5. The van der Waals surface area contributed by atoms with E-state index >= 15 is 0 Å². The zero-order valence-corrected chi connectivity index (χ0v) is 7.77. The molecule has 2 aromatic rings. The van der Waals surface area contributed by atoms with E-state index < -0.39 is 5.97 Å². The van der Waals surface area contributed by atoms with Crippen molar-refractivity contribution in [1.29, 1.82) is 0 Å². The summed E-state index contributed by atoms with van der Waals surface area (Å²) < 4.78 is 1.46. The molecule has 0 spiro atoms. The summed E-state index contributed by atoms with van der Waals surface area (Å²) in [6.07, 6.45) is 1.44. The summed E-state index contributed by atoms with van der Waals surface area (Å²) in [6.45, 7) is 0. The molecule has 0 saturated heterocycles. The lowest BCUT2D eigenvalue weighted by molar-refractivity contribution is -0.136. The van der Waals surface area contributed by atoms with E-state index in [0.29, 0.717) is 16.5 Å². The largest absolute Gasteiger partial charge is 0.481 e. The van der Waals surface area contributed by atoms with Crippen molar-refractivity contribution in [2.75, 3.05) is 0 Å². The van der Waals surface area contributed by atoms with Gasteiger partial charge in [0.1, 0.15) is 5.15 Å². The molecule has 0 unspecified atom stereocenters. The summed E-state index contributed by atoms with van der Waals surface area (Å²) in [5.74, 6) is -0.917. The third-order valence-electron chi connectivity index (χ3n) is 1.67. The van der Waals surface area contributed by atoms with Crippen molar-refractivity contribution in [3.8, 4) is 0 Å². The normalized spacial score (nSPS) is 10.6. The standard InChI is InChI=1S/C8H6ClN3O2/c9-6-1-2-7-10-5(3-8(13)14)4-12(7)11-6/h1-2,4H,3H2,(H,13,14). The number of rotatable bonds is 2. The molecule has 0 amide bonds. The van der Waals surface area contributed by atoms with Crippen molar-refractivity contribution >= 4 is 23.2 Å². The van der Waals surface area contributed by atoms with Gasteiger partial charge in [-0.05, 0) is 12.1 Å². The second kappa shape index (κ2) is 3.26. The molecule has 5 nitrogen and oxygen atoms in total. The molecule has 0 saturated carbocycles. The number of imidazole rings is 1. The maximum Gasteiger partial charge on any atom is 0.309 e. The van der Waals surface area contributed by atoms with Crippen LogP contribution >= 0.6 is 11.6 Å². The first-order chi connectivity index (χ1) is 6.65. The molecule has 0 aliphatic rings. The molecule has 2 heterocycles. The van der Waals surface area contributed by atoms with Crippen LogP contribution < -0.4 is 0 Å². The van der Waals surface area contributed by atoms with Crippen molar-refractivity contribution in [3.05, 3.63) is 29.2 Å². The maximum atomic E-state index is 10.4. The minimum Gasteiger partial charge on any atom is -0.481 e. The highest BCUT2D eigenvalue weighted by atomic mass is 35.5. The molecular weight excluding hydrogens is 206 g/mol. The van der Waals surface area contributed by atoms with Crippen LogP contribution in [0.15, 0.2) is 18.3 Å². The fourth-order valence-corrected chi connectivity index (χ4v) is 1.29.